The quantitative estimate of drug-likeness (QED) is 0.437. The van der Waals surface area contributed by atoms with Crippen LogP contribution in [0.3, 0.4) is 0 Å². The molecule has 0 saturated heterocycles. The van der Waals surface area contributed by atoms with Crippen LogP contribution in [0.4, 0.5) is 11.5 Å². The number of aliphatic carboxylic acids is 1. The van der Waals surface area contributed by atoms with Gasteiger partial charge in [-0.15, -0.1) is 0 Å². The zero-order valence-corrected chi connectivity index (χ0v) is 16.1. The lowest BCUT2D eigenvalue weighted by Crippen LogP contribution is -2.23. The van der Waals surface area contributed by atoms with Crippen molar-refractivity contribution in [1.82, 2.24) is 9.78 Å². The Morgan fingerprint density at radius 1 is 1.42 bits per heavy atom. The van der Waals surface area contributed by atoms with E-state index >= 15 is 0 Å². The van der Waals surface area contributed by atoms with Crippen LogP contribution in [0.15, 0.2) is 17.3 Å². The first-order valence-corrected chi connectivity index (χ1v) is 8.26. The summed E-state index contributed by atoms with van der Waals surface area (Å²) in [5.74, 6) is -0.319. The molecule has 0 radical (unpaired) electrons. The van der Waals surface area contributed by atoms with Crippen molar-refractivity contribution >= 4 is 46.9 Å². The highest BCUT2D eigenvalue weighted by molar-refractivity contribution is 6.37. The molecule has 1 aromatic heterocycles. The van der Waals surface area contributed by atoms with Crippen LogP contribution in [-0.2, 0) is 11.8 Å². The van der Waals surface area contributed by atoms with Crippen LogP contribution in [0.5, 0.6) is 5.75 Å². The Morgan fingerprint density at radius 3 is 2.65 bits per heavy atom. The molecule has 140 valence electrons. The fraction of sp³-hybridized carbons (Fsp3) is 0.312. The third-order valence-electron chi connectivity index (χ3n) is 3.76. The van der Waals surface area contributed by atoms with Crippen LogP contribution in [0, 0.1) is 6.92 Å². The number of oxime groups is 1. The number of hydrogen-bond donors (Lipinski definition) is 2. The van der Waals surface area contributed by atoms with Crippen molar-refractivity contribution < 1.29 is 19.8 Å². The number of rotatable bonds is 6. The second-order valence-corrected chi connectivity index (χ2v) is 6.40. The molecule has 8 nitrogen and oxygen atoms in total. The molecule has 0 spiro atoms. The summed E-state index contributed by atoms with van der Waals surface area (Å²) in [5, 5.41) is 25.9. The van der Waals surface area contributed by atoms with Gasteiger partial charge in [0.1, 0.15) is 11.6 Å². The zero-order valence-electron chi connectivity index (χ0n) is 14.6. The third-order valence-corrected chi connectivity index (χ3v) is 4.35. The summed E-state index contributed by atoms with van der Waals surface area (Å²) in [6.07, 6.45) is 0.199. The highest BCUT2D eigenvalue weighted by Crippen LogP contribution is 2.39. The Kier molecular flexibility index (Phi) is 5.99. The molecule has 0 amide bonds. The molecule has 0 fully saturated rings. The number of nitrogens with zero attached hydrogens (tertiary/aromatic N) is 4. The van der Waals surface area contributed by atoms with E-state index in [2.05, 4.69) is 10.3 Å². The van der Waals surface area contributed by atoms with Crippen LogP contribution in [0.25, 0.3) is 0 Å². The molecule has 1 aromatic carbocycles. The van der Waals surface area contributed by atoms with Crippen LogP contribution in [-0.4, -0.2) is 45.4 Å². The number of ether oxygens (including phenoxy) is 1. The number of carboxylic acids is 1. The van der Waals surface area contributed by atoms with Crippen molar-refractivity contribution in [2.45, 2.75) is 20.0 Å². The smallest absolute Gasteiger partial charge is 0.344 e. The predicted molar refractivity (Wildman–Crippen MR) is 99.6 cm³/mol. The van der Waals surface area contributed by atoms with Crippen LogP contribution in [0.2, 0.25) is 10.0 Å². The first kappa shape index (κ1) is 19.9. The Labute approximate surface area is 160 Å². The van der Waals surface area contributed by atoms with Crippen molar-refractivity contribution in [3.8, 4) is 5.75 Å². The monoisotopic (exact) mass is 400 g/mol. The van der Waals surface area contributed by atoms with E-state index in [1.165, 1.54) is 19.2 Å². The fourth-order valence-electron chi connectivity index (χ4n) is 2.49. The summed E-state index contributed by atoms with van der Waals surface area (Å²) in [5.41, 5.74) is 1.78. The Balaban J connectivity index is 2.53. The normalized spacial score (nSPS) is 12.4. The minimum absolute atomic E-state index is 0.184. The van der Waals surface area contributed by atoms with Gasteiger partial charge in [-0.05, 0) is 19.9 Å². The van der Waals surface area contributed by atoms with Crippen LogP contribution < -0.4 is 9.64 Å². The summed E-state index contributed by atoms with van der Waals surface area (Å²) in [7, 11) is 3.48. The first-order valence-electron chi connectivity index (χ1n) is 7.50. The zero-order chi connectivity index (χ0) is 19.6. The molecule has 0 aliphatic heterocycles. The number of aromatic nitrogens is 2. The molecule has 2 rings (SSSR count). The number of carbonyl (C=O) groups is 1. The molecule has 0 aliphatic carbocycles. The summed E-state index contributed by atoms with van der Waals surface area (Å²) in [6.45, 7) is 3.18. The maximum atomic E-state index is 11.0. The Morgan fingerprint density at radius 2 is 2.08 bits per heavy atom. The van der Waals surface area contributed by atoms with E-state index in [0.29, 0.717) is 27.8 Å². The van der Waals surface area contributed by atoms with Gasteiger partial charge in [-0.3, -0.25) is 4.68 Å². The van der Waals surface area contributed by atoms with Gasteiger partial charge in [-0.25, -0.2) is 4.79 Å². The Bertz CT molecular complexity index is 866. The van der Waals surface area contributed by atoms with Crippen molar-refractivity contribution in [3.63, 3.8) is 0 Å². The lowest BCUT2D eigenvalue weighted by atomic mass is 10.2. The minimum Gasteiger partial charge on any atom is -0.479 e. The third kappa shape index (κ3) is 3.86. The number of aryl methyl sites for hydroxylation is 2. The van der Waals surface area contributed by atoms with Crippen molar-refractivity contribution in [2.24, 2.45) is 12.2 Å². The molecule has 0 saturated carbocycles. The summed E-state index contributed by atoms with van der Waals surface area (Å²) >= 11 is 12.4. The molecule has 1 atom stereocenters. The first-order chi connectivity index (χ1) is 12.2. The molecular weight excluding hydrogens is 383 g/mol. The van der Waals surface area contributed by atoms with Gasteiger partial charge >= 0.3 is 5.97 Å². The number of halogens is 2. The van der Waals surface area contributed by atoms with Gasteiger partial charge in [-0.2, -0.15) is 5.10 Å². The second kappa shape index (κ2) is 7.84. The summed E-state index contributed by atoms with van der Waals surface area (Å²) in [6, 6.07) is 3.02. The molecular formula is C16H18Cl2N4O4. The SMILES string of the molecule is Cc1nn(C)c(N(C)c2cc(O[C@@H](C)C(=O)O)c(Cl)cc2Cl)c1C=NO. The van der Waals surface area contributed by atoms with E-state index in [-0.39, 0.29) is 10.8 Å². The highest BCUT2D eigenvalue weighted by Gasteiger charge is 2.22. The minimum atomic E-state index is -1.12. The van der Waals surface area contributed by atoms with Gasteiger partial charge in [0, 0.05) is 20.2 Å². The van der Waals surface area contributed by atoms with Crippen LogP contribution in [0.1, 0.15) is 18.2 Å². The summed E-state index contributed by atoms with van der Waals surface area (Å²) in [4.78, 5) is 12.7. The van der Waals surface area contributed by atoms with Crippen LogP contribution >= 0.6 is 23.2 Å². The van der Waals surface area contributed by atoms with E-state index in [4.69, 9.17) is 38.3 Å². The maximum absolute atomic E-state index is 11.0. The average Bonchev–Trinajstić information content (AvgIpc) is 2.83. The van der Waals surface area contributed by atoms with E-state index in [1.807, 2.05) is 0 Å². The fourth-order valence-corrected chi connectivity index (χ4v) is 3.04. The predicted octanol–water partition coefficient (Wildman–Crippen LogP) is 3.46. The number of carboxylic acid groups (broad SMARTS) is 1. The molecule has 0 unspecified atom stereocenters. The van der Waals surface area contributed by atoms with Gasteiger partial charge in [0.05, 0.1) is 33.2 Å². The topological polar surface area (TPSA) is 100 Å². The van der Waals surface area contributed by atoms with Crippen molar-refractivity contribution in [1.29, 1.82) is 0 Å². The Hall–Kier alpha value is -2.45. The molecule has 0 aliphatic rings. The van der Waals surface area contributed by atoms with Gasteiger partial charge < -0.3 is 20.0 Å². The molecule has 10 heteroatoms. The average molecular weight is 401 g/mol. The van der Waals surface area contributed by atoms with Crippen molar-refractivity contribution in [2.75, 3.05) is 11.9 Å². The largest absolute Gasteiger partial charge is 0.479 e. The molecule has 26 heavy (non-hydrogen) atoms. The molecule has 2 aromatic rings. The van der Waals surface area contributed by atoms with E-state index in [0.717, 1.165) is 0 Å². The number of anilines is 2. The van der Waals surface area contributed by atoms with E-state index in [9.17, 15) is 4.79 Å². The van der Waals surface area contributed by atoms with Crippen molar-refractivity contribution in [3.05, 3.63) is 33.4 Å². The van der Waals surface area contributed by atoms with E-state index < -0.39 is 12.1 Å². The van der Waals surface area contributed by atoms with Gasteiger partial charge in [0.15, 0.2) is 6.10 Å². The molecule has 0 bridgehead atoms. The van der Waals surface area contributed by atoms with Gasteiger partial charge in [0.25, 0.3) is 0 Å². The maximum Gasteiger partial charge on any atom is 0.344 e. The van der Waals surface area contributed by atoms with E-state index in [1.54, 1.807) is 36.7 Å². The lowest BCUT2D eigenvalue weighted by molar-refractivity contribution is -0.144. The van der Waals surface area contributed by atoms with Gasteiger partial charge in [-0.1, -0.05) is 28.4 Å². The highest BCUT2D eigenvalue weighted by atomic mass is 35.5. The standard InChI is InChI=1S/C16H18Cl2N4O4/c1-8-10(7-19-25)15(22(4)20-8)21(3)13-6-14(12(18)5-11(13)17)26-9(2)16(23)24/h5-7,9,25H,1-4H3,(H,23,24)/t9-/m0/s1. The number of hydrogen-bond acceptors (Lipinski definition) is 6. The molecule has 2 N–H and O–H groups in total. The molecule has 1 heterocycles. The van der Waals surface area contributed by atoms with Gasteiger partial charge in [0.2, 0.25) is 0 Å². The lowest BCUT2D eigenvalue weighted by Gasteiger charge is -2.23. The summed E-state index contributed by atoms with van der Waals surface area (Å²) < 4.78 is 7.00. The number of benzene rings is 1. The second-order valence-electron chi connectivity index (χ2n) is 5.58.